The summed E-state index contributed by atoms with van der Waals surface area (Å²) in [7, 11) is 0. The second-order valence-corrected chi connectivity index (χ2v) is 6.45. The summed E-state index contributed by atoms with van der Waals surface area (Å²) >= 11 is 0. The lowest BCUT2D eigenvalue weighted by molar-refractivity contribution is -0.921. The van der Waals surface area contributed by atoms with Crippen LogP contribution in [0, 0.1) is 0 Å². The molecule has 5 nitrogen and oxygen atoms in total. The zero-order valence-electron chi connectivity index (χ0n) is 15.3. The molecule has 0 bridgehead atoms. The number of phenolic OH excluding ortho intramolecular Hbond substituents is 1. The number of ether oxygens (including phenoxy) is 2. The molecule has 0 saturated carbocycles. The average Bonchev–Trinajstić information content (AvgIpc) is 2.67. The number of morpholine rings is 1. The lowest BCUT2D eigenvalue weighted by Crippen LogP contribution is -3.12. The van der Waals surface area contributed by atoms with Crippen LogP contribution in [0.5, 0.6) is 11.5 Å². The topological polar surface area (TPSA) is 55.5 Å². The Morgan fingerprint density at radius 2 is 1.85 bits per heavy atom. The van der Waals surface area contributed by atoms with Gasteiger partial charge in [-0.05, 0) is 24.6 Å². The minimum Gasteiger partial charge on any atom is -0.504 e. The molecule has 1 saturated heterocycles. The van der Waals surface area contributed by atoms with Crippen molar-refractivity contribution in [1.29, 1.82) is 0 Å². The number of rotatable bonds is 7. The molecule has 5 heteroatoms. The van der Waals surface area contributed by atoms with Crippen molar-refractivity contribution in [3.8, 4) is 11.5 Å². The number of hydrogen-bond acceptors (Lipinski definition) is 4. The quantitative estimate of drug-likeness (QED) is 0.745. The first-order valence-electron chi connectivity index (χ1n) is 9.20. The normalized spacial score (nSPS) is 15.4. The molecule has 0 atom stereocenters. The highest BCUT2D eigenvalue weighted by molar-refractivity contribution is 5.84. The van der Waals surface area contributed by atoms with Crippen LogP contribution < -0.4 is 9.64 Å². The number of hydrogen-bond donors (Lipinski definition) is 2. The second-order valence-electron chi connectivity index (χ2n) is 6.45. The maximum atomic E-state index is 10.2. The molecule has 26 heavy (non-hydrogen) atoms. The van der Waals surface area contributed by atoms with E-state index < -0.39 is 0 Å². The fourth-order valence-corrected chi connectivity index (χ4v) is 3.05. The third-order valence-corrected chi connectivity index (χ3v) is 4.51. The Labute approximate surface area is 154 Å². The highest BCUT2D eigenvalue weighted by Gasteiger charge is 2.13. The van der Waals surface area contributed by atoms with Crippen LogP contribution in [0.4, 0.5) is 0 Å². The van der Waals surface area contributed by atoms with Crippen molar-refractivity contribution in [2.45, 2.75) is 20.0 Å². The van der Waals surface area contributed by atoms with E-state index in [9.17, 15) is 5.11 Å². The molecule has 0 aromatic heterocycles. The van der Waals surface area contributed by atoms with E-state index in [2.05, 4.69) is 29.3 Å². The van der Waals surface area contributed by atoms with Crippen molar-refractivity contribution in [2.75, 3.05) is 32.9 Å². The zero-order valence-corrected chi connectivity index (χ0v) is 15.3. The lowest BCUT2D eigenvalue weighted by Gasteiger charge is -2.23. The maximum absolute atomic E-state index is 10.2. The van der Waals surface area contributed by atoms with E-state index in [1.807, 2.05) is 19.1 Å². The first-order valence-corrected chi connectivity index (χ1v) is 9.20. The minimum atomic E-state index is 0.141. The molecule has 2 aromatic rings. The van der Waals surface area contributed by atoms with Gasteiger partial charge < -0.3 is 19.5 Å². The van der Waals surface area contributed by atoms with Crippen LogP contribution in [-0.2, 0) is 17.8 Å². The summed E-state index contributed by atoms with van der Waals surface area (Å²) < 4.78 is 10.8. The van der Waals surface area contributed by atoms with Gasteiger partial charge in [0.15, 0.2) is 11.5 Å². The minimum absolute atomic E-state index is 0.141. The standard InChI is InChI=1S/C21H26N2O3/c1-2-26-20-5-3-4-19(21(20)24)15-22-14-17-6-8-18(9-7-17)16-23-10-12-25-13-11-23/h3-9,15,24H,2,10-14,16H2,1H3/p+1. The van der Waals surface area contributed by atoms with Crippen LogP contribution in [0.3, 0.4) is 0 Å². The Morgan fingerprint density at radius 1 is 1.12 bits per heavy atom. The van der Waals surface area contributed by atoms with Crippen molar-refractivity contribution in [3.63, 3.8) is 0 Å². The van der Waals surface area contributed by atoms with E-state index in [1.54, 1.807) is 17.2 Å². The van der Waals surface area contributed by atoms with Gasteiger partial charge in [-0.3, -0.25) is 4.99 Å². The Bertz CT molecular complexity index is 723. The lowest BCUT2D eigenvalue weighted by atomic mass is 10.1. The molecule has 2 aromatic carbocycles. The van der Waals surface area contributed by atoms with Gasteiger partial charge in [-0.2, -0.15) is 0 Å². The van der Waals surface area contributed by atoms with Gasteiger partial charge in [-0.15, -0.1) is 0 Å². The zero-order chi connectivity index (χ0) is 18.2. The van der Waals surface area contributed by atoms with Crippen molar-refractivity contribution in [2.24, 2.45) is 4.99 Å². The SMILES string of the molecule is CCOc1cccc(C=NCc2ccc(C[NH+]3CCOCC3)cc2)c1O. The molecular formula is C21H27N2O3+. The number of phenols is 1. The summed E-state index contributed by atoms with van der Waals surface area (Å²) in [6.45, 7) is 7.93. The number of aromatic hydroxyl groups is 1. The fraction of sp³-hybridized carbons (Fsp3) is 0.381. The maximum Gasteiger partial charge on any atom is 0.166 e. The Balaban J connectivity index is 1.56. The van der Waals surface area contributed by atoms with Crippen LogP contribution >= 0.6 is 0 Å². The molecule has 1 fully saturated rings. The number of para-hydroxylation sites is 1. The molecule has 1 aliphatic rings. The summed E-state index contributed by atoms with van der Waals surface area (Å²) in [4.78, 5) is 6.03. The monoisotopic (exact) mass is 355 g/mol. The number of quaternary nitrogens is 1. The van der Waals surface area contributed by atoms with E-state index in [4.69, 9.17) is 9.47 Å². The van der Waals surface area contributed by atoms with Crippen LogP contribution in [0.2, 0.25) is 0 Å². The van der Waals surface area contributed by atoms with Crippen LogP contribution in [0.1, 0.15) is 23.6 Å². The summed E-state index contributed by atoms with van der Waals surface area (Å²) in [6, 6.07) is 14.1. The molecule has 3 rings (SSSR count). The van der Waals surface area contributed by atoms with Gasteiger partial charge in [0.2, 0.25) is 0 Å². The van der Waals surface area contributed by atoms with Crippen LogP contribution in [0.15, 0.2) is 47.5 Å². The number of aliphatic imine (C=N–C) groups is 1. The van der Waals surface area contributed by atoms with E-state index in [0.717, 1.165) is 38.4 Å². The van der Waals surface area contributed by atoms with Gasteiger partial charge in [-0.25, -0.2) is 0 Å². The predicted molar refractivity (Wildman–Crippen MR) is 102 cm³/mol. The van der Waals surface area contributed by atoms with E-state index >= 15 is 0 Å². The Morgan fingerprint density at radius 3 is 2.58 bits per heavy atom. The predicted octanol–water partition coefficient (Wildman–Crippen LogP) is 1.83. The first kappa shape index (κ1) is 18.4. The van der Waals surface area contributed by atoms with Gasteiger partial charge in [0.05, 0.1) is 26.4 Å². The highest BCUT2D eigenvalue weighted by Crippen LogP contribution is 2.28. The molecule has 0 aliphatic carbocycles. The van der Waals surface area contributed by atoms with Crippen molar-refractivity contribution in [1.82, 2.24) is 0 Å². The van der Waals surface area contributed by atoms with E-state index in [-0.39, 0.29) is 5.75 Å². The van der Waals surface area contributed by atoms with Gasteiger partial charge in [-0.1, -0.05) is 30.3 Å². The molecule has 2 N–H and O–H groups in total. The first-order chi connectivity index (χ1) is 12.8. The molecule has 0 amide bonds. The largest absolute Gasteiger partial charge is 0.504 e. The van der Waals surface area contributed by atoms with Crippen molar-refractivity contribution >= 4 is 6.21 Å². The third kappa shape index (κ3) is 5.07. The smallest absolute Gasteiger partial charge is 0.166 e. The van der Waals surface area contributed by atoms with Crippen LogP contribution in [-0.4, -0.2) is 44.2 Å². The van der Waals surface area contributed by atoms with Gasteiger partial charge in [0.1, 0.15) is 19.6 Å². The van der Waals surface area contributed by atoms with Crippen molar-refractivity contribution in [3.05, 3.63) is 59.2 Å². The molecule has 0 radical (unpaired) electrons. The van der Waals surface area contributed by atoms with E-state index in [0.29, 0.717) is 24.5 Å². The second kappa shape index (κ2) is 9.36. The summed E-state index contributed by atoms with van der Waals surface area (Å²) in [6.07, 6.45) is 1.70. The molecule has 1 aliphatic heterocycles. The molecule has 1 heterocycles. The number of benzene rings is 2. The molecular weight excluding hydrogens is 328 g/mol. The Kier molecular flexibility index (Phi) is 6.63. The molecule has 138 valence electrons. The third-order valence-electron chi connectivity index (χ3n) is 4.51. The molecule has 0 unspecified atom stereocenters. The van der Waals surface area contributed by atoms with Gasteiger partial charge in [0, 0.05) is 17.3 Å². The summed E-state index contributed by atoms with van der Waals surface area (Å²) in [5.74, 6) is 0.633. The summed E-state index contributed by atoms with van der Waals surface area (Å²) in [5, 5.41) is 10.2. The van der Waals surface area contributed by atoms with Crippen LogP contribution in [0.25, 0.3) is 0 Å². The Hall–Kier alpha value is -2.37. The number of nitrogens with zero attached hydrogens (tertiary/aromatic N) is 1. The summed E-state index contributed by atoms with van der Waals surface area (Å²) in [5.41, 5.74) is 3.17. The fourth-order valence-electron chi connectivity index (χ4n) is 3.05. The van der Waals surface area contributed by atoms with Gasteiger partial charge >= 0.3 is 0 Å². The number of nitrogens with one attached hydrogen (secondary N) is 1. The highest BCUT2D eigenvalue weighted by atomic mass is 16.5. The van der Waals surface area contributed by atoms with Crippen molar-refractivity contribution < 1.29 is 19.5 Å². The van der Waals surface area contributed by atoms with Gasteiger partial charge in [0.25, 0.3) is 0 Å². The molecule has 0 spiro atoms. The average molecular weight is 355 g/mol. The van der Waals surface area contributed by atoms with E-state index in [1.165, 1.54) is 5.56 Å².